The number of hydrogen-bond donors (Lipinski definition) is 1. The zero-order chi connectivity index (χ0) is 12.7. The summed E-state index contributed by atoms with van der Waals surface area (Å²) < 4.78 is 14.8. The van der Waals surface area contributed by atoms with Crippen molar-refractivity contribution < 1.29 is 14.3 Å². The van der Waals surface area contributed by atoms with Crippen molar-refractivity contribution in [2.45, 2.75) is 18.8 Å². The molecule has 7 heteroatoms. The molecule has 0 amide bonds. The standard InChI is InChI=1S/C11H9FN4O2/c12-9-4-3-7(5-8(9)11(17)18)16-10(6-1-2-6)13-14-15-16/h3-6H,1-2H2,(H,17,18). The van der Waals surface area contributed by atoms with Crippen molar-refractivity contribution in [1.29, 1.82) is 0 Å². The topological polar surface area (TPSA) is 80.9 Å². The first-order valence-corrected chi connectivity index (χ1v) is 5.48. The van der Waals surface area contributed by atoms with Gasteiger partial charge >= 0.3 is 5.97 Å². The molecule has 0 aliphatic heterocycles. The van der Waals surface area contributed by atoms with E-state index < -0.39 is 11.8 Å². The molecular formula is C11H9FN4O2. The second-order valence-corrected chi connectivity index (χ2v) is 4.19. The second-order valence-electron chi connectivity index (χ2n) is 4.19. The van der Waals surface area contributed by atoms with Crippen LogP contribution in [0.25, 0.3) is 5.69 Å². The summed E-state index contributed by atoms with van der Waals surface area (Å²) in [5, 5.41) is 20.2. The summed E-state index contributed by atoms with van der Waals surface area (Å²) >= 11 is 0. The molecule has 0 atom stereocenters. The van der Waals surface area contributed by atoms with Gasteiger partial charge in [-0.3, -0.25) is 0 Å². The number of carbonyl (C=O) groups is 1. The molecule has 0 saturated heterocycles. The van der Waals surface area contributed by atoms with Gasteiger partial charge in [-0.1, -0.05) is 0 Å². The SMILES string of the molecule is O=C(O)c1cc(-n2nnnc2C2CC2)ccc1F. The van der Waals surface area contributed by atoms with Crippen LogP contribution < -0.4 is 0 Å². The third kappa shape index (κ3) is 1.73. The van der Waals surface area contributed by atoms with Crippen LogP contribution in [0.3, 0.4) is 0 Å². The summed E-state index contributed by atoms with van der Waals surface area (Å²) in [5.41, 5.74) is 0.0745. The molecule has 0 bridgehead atoms. The first-order chi connectivity index (χ1) is 8.66. The molecule has 1 heterocycles. The van der Waals surface area contributed by atoms with Crippen molar-refractivity contribution in [1.82, 2.24) is 20.2 Å². The highest BCUT2D eigenvalue weighted by atomic mass is 19.1. The van der Waals surface area contributed by atoms with Gasteiger partial charge in [0.1, 0.15) is 5.82 Å². The summed E-state index contributed by atoms with van der Waals surface area (Å²) in [6.45, 7) is 0. The molecule has 1 fully saturated rings. The number of nitrogens with zero attached hydrogens (tertiary/aromatic N) is 4. The number of halogens is 1. The van der Waals surface area contributed by atoms with Crippen LogP contribution in [0.4, 0.5) is 4.39 Å². The van der Waals surface area contributed by atoms with E-state index in [1.807, 2.05) is 0 Å². The van der Waals surface area contributed by atoms with E-state index in [9.17, 15) is 9.18 Å². The van der Waals surface area contributed by atoms with Crippen LogP contribution in [-0.2, 0) is 0 Å². The first-order valence-electron chi connectivity index (χ1n) is 5.48. The lowest BCUT2D eigenvalue weighted by atomic mass is 10.2. The van der Waals surface area contributed by atoms with E-state index in [2.05, 4.69) is 15.5 Å². The number of carboxylic acid groups (broad SMARTS) is 1. The van der Waals surface area contributed by atoms with E-state index in [0.29, 0.717) is 17.4 Å². The Bertz CT molecular complexity index is 621. The minimum atomic E-state index is -1.31. The largest absolute Gasteiger partial charge is 0.478 e. The predicted octanol–water partition coefficient (Wildman–Crippen LogP) is 1.38. The van der Waals surface area contributed by atoms with E-state index in [-0.39, 0.29) is 5.56 Å². The minimum Gasteiger partial charge on any atom is -0.478 e. The summed E-state index contributed by atoms with van der Waals surface area (Å²) in [6, 6.07) is 3.81. The van der Waals surface area contributed by atoms with Gasteiger partial charge in [0, 0.05) is 5.92 Å². The van der Waals surface area contributed by atoms with Crippen molar-refractivity contribution in [3.63, 3.8) is 0 Å². The molecule has 1 aromatic heterocycles. The smallest absolute Gasteiger partial charge is 0.338 e. The number of aromatic nitrogens is 4. The molecule has 0 radical (unpaired) electrons. The summed E-state index contributed by atoms with van der Waals surface area (Å²) in [6.07, 6.45) is 2.04. The van der Waals surface area contributed by atoms with Crippen LogP contribution in [0.5, 0.6) is 0 Å². The van der Waals surface area contributed by atoms with Gasteiger partial charge in [0.05, 0.1) is 11.3 Å². The van der Waals surface area contributed by atoms with Crippen LogP contribution in [-0.4, -0.2) is 31.3 Å². The van der Waals surface area contributed by atoms with Crippen molar-refractivity contribution in [3.05, 3.63) is 35.4 Å². The molecule has 6 nitrogen and oxygen atoms in total. The summed E-state index contributed by atoms with van der Waals surface area (Å²) in [4.78, 5) is 10.9. The van der Waals surface area contributed by atoms with Crippen LogP contribution in [0.1, 0.15) is 34.9 Å². The molecule has 1 aromatic carbocycles. The molecule has 92 valence electrons. The first kappa shape index (κ1) is 10.8. The zero-order valence-corrected chi connectivity index (χ0v) is 9.25. The highest BCUT2D eigenvalue weighted by Crippen LogP contribution is 2.39. The monoisotopic (exact) mass is 248 g/mol. The maximum atomic E-state index is 13.3. The predicted molar refractivity (Wildman–Crippen MR) is 58.0 cm³/mol. The molecule has 0 unspecified atom stereocenters. The van der Waals surface area contributed by atoms with Crippen LogP contribution >= 0.6 is 0 Å². The fourth-order valence-electron chi connectivity index (χ4n) is 1.78. The lowest BCUT2D eigenvalue weighted by Gasteiger charge is -2.05. The lowest BCUT2D eigenvalue weighted by molar-refractivity contribution is 0.0692. The number of hydrogen-bond acceptors (Lipinski definition) is 4. The van der Waals surface area contributed by atoms with Crippen molar-refractivity contribution in [3.8, 4) is 5.69 Å². The molecule has 1 N–H and O–H groups in total. The van der Waals surface area contributed by atoms with Crippen molar-refractivity contribution >= 4 is 5.97 Å². The quantitative estimate of drug-likeness (QED) is 0.887. The molecular weight excluding hydrogens is 239 g/mol. The minimum absolute atomic E-state index is 0.318. The number of aromatic carboxylic acids is 1. The second kappa shape index (κ2) is 3.86. The van der Waals surface area contributed by atoms with E-state index in [0.717, 1.165) is 18.9 Å². The van der Waals surface area contributed by atoms with Crippen LogP contribution in [0.15, 0.2) is 18.2 Å². The van der Waals surface area contributed by atoms with E-state index in [1.54, 1.807) is 0 Å². The Balaban J connectivity index is 2.08. The molecule has 0 spiro atoms. The highest BCUT2D eigenvalue weighted by Gasteiger charge is 2.30. The van der Waals surface area contributed by atoms with Crippen LogP contribution in [0.2, 0.25) is 0 Å². The van der Waals surface area contributed by atoms with E-state index in [1.165, 1.54) is 16.8 Å². The number of rotatable bonds is 3. The number of benzene rings is 1. The van der Waals surface area contributed by atoms with Gasteiger partial charge < -0.3 is 5.11 Å². The highest BCUT2D eigenvalue weighted by molar-refractivity contribution is 5.88. The third-order valence-electron chi connectivity index (χ3n) is 2.86. The fourth-order valence-corrected chi connectivity index (χ4v) is 1.78. The Hall–Kier alpha value is -2.31. The van der Waals surface area contributed by atoms with Gasteiger partial charge in [0.15, 0.2) is 5.82 Å². The molecule has 1 aliphatic rings. The number of tetrazole rings is 1. The zero-order valence-electron chi connectivity index (χ0n) is 9.25. The Morgan fingerprint density at radius 1 is 1.44 bits per heavy atom. The Kier molecular flexibility index (Phi) is 2.32. The normalized spacial score (nSPS) is 14.7. The molecule has 3 rings (SSSR count). The van der Waals surface area contributed by atoms with E-state index >= 15 is 0 Å². The van der Waals surface area contributed by atoms with Crippen molar-refractivity contribution in [2.24, 2.45) is 0 Å². The maximum Gasteiger partial charge on any atom is 0.338 e. The van der Waals surface area contributed by atoms with Gasteiger partial charge in [-0.2, -0.15) is 4.68 Å². The average molecular weight is 248 g/mol. The molecule has 1 aliphatic carbocycles. The van der Waals surface area contributed by atoms with Crippen LogP contribution in [0, 0.1) is 5.82 Å². The third-order valence-corrected chi connectivity index (χ3v) is 2.86. The molecule has 1 saturated carbocycles. The lowest BCUT2D eigenvalue weighted by Crippen LogP contribution is -2.06. The Morgan fingerprint density at radius 2 is 2.22 bits per heavy atom. The van der Waals surface area contributed by atoms with Crippen molar-refractivity contribution in [2.75, 3.05) is 0 Å². The van der Waals surface area contributed by atoms with Gasteiger partial charge in [0.25, 0.3) is 0 Å². The fraction of sp³-hybridized carbons (Fsp3) is 0.273. The molecule has 2 aromatic rings. The Morgan fingerprint density at radius 3 is 2.89 bits per heavy atom. The Labute approximate surface area is 101 Å². The van der Waals surface area contributed by atoms with Gasteiger partial charge in [-0.25, -0.2) is 9.18 Å². The van der Waals surface area contributed by atoms with Gasteiger partial charge in [-0.05, 0) is 41.5 Å². The number of carboxylic acids is 1. The van der Waals surface area contributed by atoms with E-state index in [4.69, 9.17) is 5.11 Å². The van der Waals surface area contributed by atoms with Gasteiger partial charge in [-0.15, -0.1) is 5.10 Å². The molecule has 18 heavy (non-hydrogen) atoms. The van der Waals surface area contributed by atoms with Gasteiger partial charge in [0.2, 0.25) is 0 Å². The summed E-state index contributed by atoms with van der Waals surface area (Å²) in [5.74, 6) is -1.07. The maximum absolute atomic E-state index is 13.3. The summed E-state index contributed by atoms with van der Waals surface area (Å²) in [7, 11) is 0. The average Bonchev–Trinajstić information content (AvgIpc) is 3.08.